The molecule has 2 rings (SSSR count). The van der Waals surface area contributed by atoms with Gasteiger partial charge in [0.2, 0.25) is 0 Å². The molecule has 0 aliphatic carbocycles. The van der Waals surface area contributed by atoms with Gasteiger partial charge in [0.05, 0.1) is 5.56 Å². The number of aromatic nitrogens is 1. The van der Waals surface area contributed by atoms with Gasteiger partial charge >= 0.3 is 0 Å². The average molecular weight is 260 g/mol. The number of hydrogen-bond acceptors (Lipinski definition) is 3. The van der Waals surface area contributed by atoms with Crippen molar-refractivity contribution < 1.29 is 0 Å². The molecule has 1 aliphatic heterocycles. The number of nitrogens with two attached hydrogens (primary N) is 1. The van der Waals surface area contributed by atoms with Crippen LogP contribution >= 0.6 is 0 Å². The molecule has 19 heavy (non-hydrogen) atoms. The van der Waals surface area contributed by atoms with Crippen LogP contribution in [0.2, 0.25) is 0 Å². The van der Waals surface area contributed by atoms with Gasteiger partial charge in [-0.2, -0.15) is 0 Å². The van der Waals surface area contributed by atoms with Crippen LogP contribution in [0.25, 0.3) is 0 Å². The third-order valence-corrected chi connectivity index (χ3v) is 4.54. The normalized spacial score (nSPS) is 17.7. The van der Waals surface area contributed by atoms with Crippen molar-refractivity contribution in [3.8, 4) is 0 Å². The minimum absolute atomic E-state index is 0.105. The first-order valence-electron chi connectivity index (χ1n) is 7.08. The molecule has 2 heterocycles. The predicted octanol–water partition coefficient (Wildman–Crippen LogP) is 2.69. The molecule has 0 unspecified atom stereocenters. The summed E-state index contributed by atoms with van der Waals surface area (Å²) < 4.78 is 0. The molecule has 1 aromatic heterocycles. The summed E-state index contributed by atoms with van der Waals surface area (Å²) in [6.45, 7) is 8.55. The van der Waals surface area contributed by atoms with Gasteiger partial charge in [-0.15, -0.1) is 0 Å². The fourth-order valence-corrected chi connectivity index (χ4v) is 2.94. The van der Waals surface area contributed by atoms with Crippen LogP contribution in [0.15, 0.2) is 12.1 Å². The fourth-order valence-electron chi connectivity index (χ4n) is 2.94. The second-order valence-corrected chi connectivity index (χ2v) is 5.62. The summed E-state index contributed by atoms with van der Waals surface area (Å²) in [6.07, 6.45) is 3.59. The Hall–Kier alpha value is -1.58. The zero-order valence-electron chi connectivity index (χ0n) is 12.2. The number of pyridine rings is 1. The van der Waals surface area contributed by atoms with Gasteiger partial charge < -0.3 is 10.6 Å². The van der Waals surface area contributed by atoms with Crippen molar-refractivity contribution in [2.24, 2.45) is 11.1 Å². The smallest absolute Gasteiger partial charge is 0.139 e. The van der Waals surface area contributed by atoms with Gasteiger partial charge in [-0.3, -0.25) is 5.41 Å². The molecule has 3 N–H and O–H groups in total. The molecule has 0 aromatic carbocycles. The Bertz CT molecular complexity index is 477. The van der Waals surface area contributed by atoms with Gasteiger partial charge in [-0.05, 0) is 43.7 Å². The number of anilines is 1. The van der Waals surface area contributed by atoms with E-state index in [1.54, 1.807) is 0 Å². The third-order valence-electron chi connectivity index (χ3n) is 4.54. The highest BCUT2D eigenvalue weighted by molar-refractivity contribution is 5.99. The van der Waals surface area contributed by atoms with E-state index in [1.807, 2.05) is 19.1 Å². The summed E-state index contributed by atoms with van der Waals surface area (Å²) in [5, 5.41) is 7.71. The lowest BCUT2D eigenvalue weighted by Gasteiger charge is -2.27. The molecule has 1 fully saturated rings. The van der Waals surface area contributed by atoms with Crippen molar-refractivity contribution in [3.63, 3.8) is 0 Å². The second kappa shape index (κ2) is 5.19. The maximum absolute atomic E-state index is 7.71. The standard InChI is InChI=1S/C15H24N4/c1-4-15(5-2)8-9-19(10-15)14-12(13(16)17)7-6-11(3)18-14/h6-7H,4-5,8-10H2,1-3H3,(H3,16,17). The second-order valence-electron chi connectivity index (χ2n) is 5.62. The lowest BCUT2D eigenvalue weighted by molar-refractivity contribution is 0.301. The Morgan fingerprint density at radius 2 is 2.11 bits per heavy atom. The van der Waals surface area contributed by atoms with Crippen molar-refractivity contribution in [3.05, 3.63) is 23.4 Å². The topological polar surface area (TPSA) is 66.0 Å². The molecule has 0 amide bonds. The molecular formula is C15H24N4. The average Bonchev–Trinajstić information content (AvgIpc) is 2.83. The number of nitrogens with one attached hydrogen (secondary N) is 1. The molecule has 1 aliphatic rings. The highest BCUT2D eigenvalue weighted by atomic mass is 15.2. The Balaban J connectivity index is 2.33. The van der Waals surface area contributed by atoms with Crippen LogP contribution < -0.4 is 10.6 Å². The molecule has 0 atom stereocenters. The number of rotatable bonds is 4. The van der Waals surface area contributed by atoms with Crippen LogP contribution in [-0.4, -0.2) is 23.9 Å². The zero-order chi connectivity index (χ0) is 14.0. The molecule has 104 valence electrons. The van der Waals surface area contributed by atoms with E-state index in [0.29, 0.717) is 5.41 Å². The third kappa shape index (κ3) is 2.57. The number of amidine groups is 1. The molecule has 0 radical (unpaired) electrons. The molecule has 0 spiro atoms. The SMILES string of the molecule is CCC1(CC)CCN(c2nc(C)ccc2C(=N)N)C1. The lowest BCUT2D eigenvalue weighted by atomic mass is 9.82. The monoisotopic (exact) mass is 260 g/mol. The Morgan fingerprint density at radius 3 is 2.63 bits per heavy atom. The highest BCUT2D eigenvalue weighted by Gasteiger charge is 2.36. The molecule has 4 heteroatoms. The Morgan fingerprint density at radius 1 is 1.42 bits per heavy atom. The van der Waals surface area contributed by atoms with Crippen molar-refractivity contribution in [2.75, 3.05) is 18.0 Å². The van der Waals surface area contributed by atoms with Crippen LogP contribution in [0.5, 0.6) is 0 Å². The van der Waals surface area contributed by atoms with Crippen LogP contribution in [0.4, 0.5) is 5.82 Å². The molecule has 1 saturated heterocycles. The van der Waals surface area contributed by atoms with Gasteiger partial charge in [0.1, 0.15) is 11.7 Å². The minimum atomic E-state index is 0.105. The van der Waals surface area contributed by atoms with E-state index >= 15 is 0 Å². The molecular weight excluding hydrogens is 236 g/mol. The number of aryl methyl sites for hydroxylation is 1. The number of hydrogen-bond donors (Lipinski definition) is 2. The van der Waals surface area contributed by atoms with Gasteiger partial charge in [-0.25, -0.2) is 4.98 Å². The van der Waals surface area contributed by atoms with Crippen molar-refractivity contribution in [1.29, 1.82) is 5.41 Å². The van der Waals surface area contributed by atoms with Crippen molar-refractivity contribution >= 4 is 11.7 Å². The van der Waals surface area contributed by atoms with Crippen molar-refractivity contribution in [1.82, 2.24) is 4.98 Å². The van der Waals surface area contributed by atoms with E-state index in [0.717, 1.165) is 30.2 Å². The van der Waals surface area contributed by atoms with Crippen LogP contribution in [0.3, 0.4) is 0 Å². The summed E-state index contributed by atoms with van der Waals surface area (Å²) in [7, 11) is 0. The summed E-state index contributed by atoms with van der Waals surface area (Å²) in [6, 6.07) is 3.83. The summed E-state index contributed by atoms with van der Waals surface area (Å²) in [5.74, 6) is 0.990. The number of nitrogens with zero attached hydrogens (tertiary/aromatic N) is 2. The Kier molecular flexibility index (Phi) is 3.78. The maximum Gasteiger partial charge on any atom is 0.139 e. The van der Waals surface area contributed by atoms with E-state index in [4.69, 9.17) is 11.1 Å². The zero-order valence-corrected chi connectivity index (χ0v) is 12.2. The fraction of sp³-hybridized carbons (Fsp3) is 0.600. The molecule has 0 saturated carbocycles. The minimum Gasteiger partial charge on any atom is -0.384 e. The Labute approximate surface area is 115 Å². The van der Waals surface area contributed by atoms with Crippen LogP contribution in [-0.2, 0) is 0 Å². The summed E-state index contributed by atoms with van der Waals surface area (Å²) >= 11 is 0. The lowest BCUT2D eigenvalue weighted by Crippen LogP contribution is -2.29. The first kappa shape index (κ1) is 13.8. The van der Waals surface area contributed by atoms with Gasteiger partial charge in [0.25, 0.3) is 0 Å². The first-order chi connectivity index (χ1) is 9.01. The van der Waals surface area contributed by atoms with E-state index in [1.165, 1.54) is 19.3 Å². The highest BCUT2D eigenvalue weighted by Crippen LogP contribution is 2.39. The molecule has 0 bridgehead atoms. The summed E-state index contributed by atoms with van der Waals surface area (Å²) in [4.78, 5) is 6.92. The maximum atomic E-state index is 7.71. The molecule has 1 aromatic rings. The van der Waals surface area contributed by atoms with Crippen molar-refractivity contribution in [2.45, 2.75) is 40.0 Å². The van der Waals surface area contributed by atoms with E-state index in [2.05, 4.69) is 23.7 Å². The number of nitrogen functional groups attached to an aromatic ring is 1. The van der Waals surface area contributed by atoms with E-state index in [-0.39, 0.29) is 5.84 Å². The van der Waals surface area contributed by atoms with Gasteiger partial charge in [-0.1, -0.05) is 13.8 Å². The first-order valence-corrected chi connectivity index (χ1v) is 7.08. The van der Waals surface area contributed by atoms with E-state index in [9.17, 15) is 0 Å². The summed E-state index contributed by atoms with van der Waals surface area (Å²) in [5.41, 5.74) is 7.82. The van der Waals surface area contributed by atoms with Crippen LogP contribution in [0, 0.1) is 17.7 Å². The van der Waals surface area contributed by atoms with Gasteiger partial charge in [0.15, 0.2) is 0 Å². The van der Waals surface area contributed by atoms with Gasteiger partial charge in [0, 0.05) is 18.8 Å². The predicted molar refractivity (Wildman–Crippen MR) is 79.8 cm³/mol. The largest absolute Gasteiger partial charge is 0.384 e. The quantitative estimate of drug-likeness (QED) is 0.646. The van der Waals surface area contributed by atoms with E-state index < -0.39 is 0 Å². The molecule has 4 nitrogen and oxygen atoms in total. The van der Waals surface area contributed by atoms with Crippen LogP contribution in [0.1, 0.15) is 44.4 Å².